The predicted molar refractivity (Wildman–Crippen MR) is 88.9 cm³/mol. The molecule has 0 radical (unpaired) electrons. The van der Waals surface area contributed by atoms with Gasteiger partial charge in [0, 0.05) is 17.3 Å². The summed E-state index contributed by atoms with van der Waals surface area (Å²) in [6.07, 6.45) is 1.20. The molecule has 1 fully saturated rings. The zero-order valence-corrected chi connectivity index (χ0v) is 13.2. The summed E-state index contributed by atoms with van der Waals surface area (Å²) in [6.45, 7) is 3.76. The van der Waals surface area contributed by atoms with Crippen LogP contribution in [0.15, 0.2) is 72.4 Å². The second-order valence-corrected chi connectivity index (χ2v) is 6.15. The van der Waals surface area contributed by atoms with Crippen molar-refractivity contribution in [3.05, 3.63) is 83.6 Å². The molecule has 2 aromatic rings. The van der Waals surface area contributed by atoms with Crippen LogP contribution in [0.25, 0.3) is 0 Å². The molecule has 4 nitrogen and oxygen atoms in total. The van der Waals surface area contributed by atoms with Crippen LogP contribution in [-0.4, -0.2) is 21.6 Å². The Bertz CT molecular complexity index is 724. The summed E-state index contributed by atoms with van der Waals surface area (Å²) in [7, 11) is 0. The third kappa shape index (κ3) is 2.91. The quantitative estimate of drug-likeness (QED) is 0.673. The smallest absolute Gasteiger partial charge is 0.187 e. The number of carbonyl (C=O) groups excluding carboxylic acids is 1. The topological polar surface area (TPSA) is 52.6 Å². The van der Waals surface area contributed by atoms with Crippen molar-refractivity contribution in [1.82, 2.24) is 10.4 Å². The average molecular weight is 308 g/mol. The van der Waals surface area contributed by atoms with E-state index < -0.39 is 5.54 Å². The third-order valence-electron chi connectivity index (χ3n) is 4.22. The molecule has 1 aliphatic rings. The zero-order chi connectivity index (χ0) is 16.4. The van der Waals surface area contributed by atoms with Crippen molar-refractivity contribution >= 4 is 5.78 Å². The first-order chi connectivity index (χ1) is 11.0. The summed E-state index contributed by atoms with van der Waals surface area (Å²) < 4.78 is 0. The zero-order valence-electron chi connectivity index (χ0n) is 13.2. The van der Waals surface area contributed by atoms with Crippen molar-refractivity contribution in [1.29, 1.82) is 0 Å². The fourth-order valence-electron chi connectivity index (χ4n) is 2.73. The largest absolute Gasteiger partial charge is 0.366 e. The number of ketones is 1. The van der Waals surface area contributed by atoms with Gasteiger partial charge >= 0.3 is 0 Å². The molecule has 0 aliphatic carbocycles. The van der Waals surface area contributed by atoms with Gasteiger partial charge in [-0.05, 0) is 19.4 Å². The maximum Gasteiger partial charge on any atom is 0.187 e. The van der Waals surface area contributed by atoms with Crippen LogP contribution in [0.2, 0.25) is 0 Å². The first-order valence-corrected chi connectivity index (χ1v) is 7.61. The monoisotopic (exact) mass is 308 g/mol. The molecule has 0 spiro atoms. The second-order valence-electron chi connectivity index (χ2n) is 6.15. The van der Waals surface area contributed by atoms with Crippen LogP contribution in [0.5, 0.6) is 0 Å². The molecule has 118 valence electrons. The van der Waals surface area contributed by atoms with Crippen molar-refractivity contribution in [3.8, 4) is 0 Å². The Kier molecular flexibility index (Phi) is 4.03. The molecule has 2 N–H and O–H groups in total. The van der Waals surface area contributed by atoms with Gasteiger partial charge in [0.15, 0.2) is 5.78 Å². The minimum atomic E-state index is -0.676. The van der Waals surface area contributed by atoms with Crippen molar-refractivity contribution < 1.29 is 10.0 Å². The highest BCUT2D eigenvalue weighted by molar-refractivity contribution is 6.05. The van der Waals surface area contributed by atoms with Gasteiger partial charge in [-0.15, -0.1) is 0 Å². The fraction of sp³-hybridized carbons (Fsp3) is 0.211. The summed E-state index contributed by atoms with van der Waals surface area (Å²) in [5.41, 5.74) is 1.59. The summed E-state index contributed by atoms with van der Waals surface area (Å²) in [6, 6.07) is 18.8. The van der Waals surface area contributed by atoms with E-state index in [-0.39, 0.29) is 11.9 Å². The highest BCUT2D eigenvalue weighted by atomic mass is 16.5. The molecule has 1 aliphatic heterocycles. The molecule has 0 aromatic heterocycles. The number of hydrogen-bond donors (Lipinski definition) is 2. The standard InChI is InChI=1S/C19H20N2O2/c1-19(2)17(13-16(22)14-9-5-3-6-10-14)20-18(21(19)23)15-11-7-4-8-12-15/h3-13,18,20,23H,1-2H3/b17-13-. The van der Waals surface area contributed by atoms with E-state index in [2.05, 4.69) is 5.32 Å². The molecule has 1 atom stereocenters. The molecule has 4 heteroatoms. The lowest BCUT2D eigenvalue weighted by atomic mass is 9.99. The first kappa shape index (κ1) is 15.5. The molecule has 1 unspecified atom stereocenters. The second kappa shape index (κ2) is 5.99. The summed E-state index contributed by atoms with van der Waals surface area (Å²) in [4.78, 5) is 12.4. The lowest BCUT2D eigenvalue weighted by Gasteiger charge is -2.27. The third-order valence-corrected chi connectivity index (χ3v) is 4.22. The Morgan fingerprint density at radius 3 is 2.26 bits per heavy atom. The highest BCUT2D eigenvalue weighted by Gasteiger charge is 2.43. The van der Waals surface area contributed by atoms with Crippen LogP contribution in [0, 0.1) is 0 Å². The molecule has 1 heterocycles. The number of benzene rings is 2. The molecule has 3 rings (SSSR count). The number of nitrogens with zero attached hydrogens (tertiary/aromatic N) is 1. The van der Waals surface area contributed by atoms with Crippen molar-refractivity contribution in [2.75, 3.05) is 0 Å². The summed E-state index contributed by atoms with van der Waals surface area (Å²) >= 11 is 0. The van der Waals surface area contributed by atoms with Crippen molar-refractivity contribution in [3.63, 3.8) is 0 Å². The van der Waals surface area contributed by atoms with Crippen LogP contribution in [-0.2, 0) is 0 Å². The molecule has 1 saturated heterocycles. The number of carbonyl (C=O) groups is 1. The van der Waals surface area contributed by atoms with E-state index in [1.54, 1.807) is 18.2 Å². The van der Waals surface area contributed by atoms with Crippen molar-refractivity contribution in [2.45, 2.75) is 25.6 Å². The predicted octanol–water partition coefficient (Wildman–Crippen LogP) is 3.53. The Hall–Kier alpha value is -2.43. The number of hydroxylamine groups is 2. The van der Waals surface area contributed by atoms with E-state index in [1.807, 2.05) is 62.4 Å². The van der Waals surface area contributed by atoms with E-state index in [1.165, 1.54) is 5.06 Å². The minimum absolute atomic E-state index is 0.0803. The van der Waals surface area contributed by atoms with Crippen molar-refractivity contribution in [2.24, 2.45) is 0 Å². The molecule has 0 bridgehead atoms. The molecular formula is C19H20N2O2. The number of allylic oxidation sites excluding steroid dienone is 1. The Labute approximate surface area is 136 Å². The fourth-order valence-corrected chi connectivity index (χ4v) is 2.73. The van der Waals surface area contributed by atoms with Gasteiger partial charge in [-0.2, -0.15) is 5.06 Å². The van der Waals surface area contributed by atoms with E-state index in [4.69, 9.17) is 0 Å². The SMILES string of the molecule is CC1(C)/C(=C/C(=O)c2ccccc2)NC(c2ccccc2)N1O. The van der Waals surface area contributed by atoms with Gasteiger partial charge in [0.2, 0.25) is 0 Å². The Balaban J connectivity index is 1.91. The van der Waals surface area contributed by atoms with Gasteiger partial charge in [-0.1, -0.05) is 60.7 Å². The normalized spacial score (nSPS) is 22.0. The highest BCUT2D eigenvalue weighted by Crippen LogP contribution is 2.36. The van der Waals surface area contributed by atoms with Crippen LogP contribution >= 0.6 is 0 Å². The molecule has 23 heavy (non-hydrogen) atoms. The molecule has 0 saturated carbocycles. The van der Waals surface area contributed by atoms with Gasteiger partial charge in [0.25, 0.3) is 0 Å². The minimum Gasteiger partial charge on any atom is -0.366 e. The van der Waals surface area contributed by atoms with Crippen LogP contribution < -0.4 is 5.32 Å². The number of nitrogens with one attached hydrogen (secondary N) is 1. The molecule has 2 aromatic carbocycles. The van der Waals surface area contributed by atoms with Gasteiger partial charge in [-0.3, -0.25) is 4.79 Å². The van der Waals surface area contributed by atoms with Crippen LogP contribution in [0.3, 0.4) is 0 Å². The van der Waals surface area contributed by atoms with E-state index in [9.17, 15) is 10.0 Å². The van der Waals surface area contributed by atoms with Gasteiger partial charge in [-0.25, -0.2) is 0 Å². The maximum absolute atomic E-state index is 12.4. The van der Waals surface area contributed by atoms with E-state index in [0.717, 1.165) is 5.56 Å². The van der Waals surface area contributed by atoms with Gasteiger partial charge in [0.05, 0.1) is 5.54 Å². The average Bonchev–Trinajstić information content (AvgIpc) is 2.80. The first-order valence-electron chi connectivity index (χ1n) is 7.61. The van der Waals surface area contributed by atoms with Gasteiger partial charge < -0.3 is 10.5 Å². The lowest BCUT2D eigenvalue weighted by molar-refractivity contribution is -0.162. The van der Waals surface area contributed by atoms with E-state index >= 15 is 0 Å². The van der Waals surface area contributed by atoms with Crippen LogP contribution in [0.1, 0.15) is 35.9 Å². The summed E-state index contributed by atoms with van der Waals surface area (Å²) in [5.74, 6) is -0.0803. The molecular weight excluding hydrogens is 288 g/mol. The Morgan fingerprint density at radius 1 is 1.09 bits per heavy atom. The van der Waals surface area contributed by atoms with Crippen LogP contribution in [0.4, 0.5) is 0 Å². The number of hydrogen-bond acceptors (Lipinski definition) is 4. The maximum atomic E-state index is 12.4. The summed E-state index contributed by atoms with van der Waals surface area (Å²) in [5, 5.41) is 15.1. The van der Waals surface area contributed by atoms with Gasteiger partial charge in [0.1, 0.15) is 6.17 Å². The lowest BCUT2D eigenvalue weighted by Crippen LogP contribution is -2.38. The molecule has 0 amide bonds. The van der Waals surface area contributed by atoms with E-state index in [0.29, 0.717) is 11.3 Å². The Morgan fingerprint density at radius 2 is 1.65 bits per heavy atom. The number of rotatable bonds is 3.